The maximum Gasteiger partial charge on any atom is 0.00388 e. The van der Waals surface area contributed by atoms with E-state index in [0.29, 0.717) is 6.04 Å². The van der Waals surface area contributed by atoms with Gasteiger partial charge in [0.2, 0.25) is 0 Å². The second-order valence-electron chi connectivity index (χ2n) is 6.31. The molecular formula is C16H35N. The van der Waals surface area contributed by atoms with Gasteiger partial charge in [-0.15, -0.1) is 0 Å². The summed E-state index contributed by atoms with van der Waals surface area (Å²) in [5.41, 5.74) is 0. The van der Waals surface area contributed by atoms with Crippen molar-refractivity contribution in [2.75, 3.05) is 6.54 Å². The Labute approximate surface area is 110 Å². The summed E-state index contributed by atoms with van der Waals surface area (Å²) in [5.74, 6) is 2.39. The van der Waals surface area contributed by atoms with Crippen LogP contribution in [0.4, 0.5) is 0 Å². The molecule has 0 radical (unpaired) electrons. The van der Waals surface area contributed by atoms with E-state index in [4.69, 9.17) is 0 Å². The van der Waals surface area contributed by atoms with E-state index in [1.165, 1.54) is 38.6 Å². The van der Waals surface area contributed by atoms with E-state index in [1.807, 2.05) is 0 Å². The highest BCUT2D eigenvalue weighted by Crippen LogP contribution is 2.19. The minimum absolute atomic E-state index is 0.687. The molecule has 0 aromatic rings. The number of hydrogen-bond acceptors (Lipinski definition) is 1. The van der Waals surface area contributed by atoms with Gasteiger partial charge in [0.05, 0.1) is 0 Å². The average Bonchev–Trinajstić information content (AvgIpc) is 2.23. The Bertz CT molecular complexity index is 155. The first-order chi connectivity index (χ1) is 7.99. The molecule has 0 aromatic carbocycles. The molecule has 1 N–H and O–H groups in total. The highest BCUT2D eigenvalue weighted by Gasteiger charge is 2.17. The third-order valence-corrected chi connectivity index (χ3v) is 3.91. The van der Waals surface area contributed by atoms with E-state index in [1.54, 1.807) is 0 Å². The molecule has 1 nitrogen and oxygen atoms in total. The first kappa shape index (κ1) is 17.0. The van der Waals surface area contributed by atoms with Crippen molar-refractivity contribution < 1.29 is 0 Å². The summed E-state index contributed by atoms with van der Waals surface area (Å²) in [6.07, 6.45) is 6.86. The van der Waals surface area contributed by atoms with Crippen LogP contribution in [0.15, 0.2) is 0 Å². The summed E-state index contributed by atoms with van der Waals surface area (Å²) < 4.78 is 0. The minimum Gasteiger partial charge on any atom is -0.314 e. The fraction of sp³-hybridized carbons (Fsp3) is 1.00. The number of hydrogen-bond donors (Lipinski definition) is 1. The summed E-state index contributed by atoms with van der Waals surface area (Å²) in [6, 6.07) is 0.687. The van der Waals surface area contributed by atoms with Crippen LogP contribution in [0, 0.1) is 17.8 Å². The van der Waals surface area contributed by atoms with Crippen LogP contribution < -0.4 is 5.32 Å². The third-order valence-electron chi connectivity index (χ3n) is 3.91. The molecule has 0 aliphatic heterocycles. The Morgan fingerprint density at radius 2 is 1.41 bits per heavy atom. The van der Waals surface area contributed by atoms with Crippen LogP contribution in [0.5, 0.6) is 0 Å². The van der Waals surface area contributed by atoms with Crippen molar-refractivity contribution in [3.8, 4) is 0 Å². The molecular weight excluding hydrogens is 206 g/mol. The van der Waals surface area contributed by atoms with Gasteiger partial charge in [0.1, 0.15) is 0 Å². The van der Waals surface area contributed by atoms with Gasteiger partial charge in [0.15, 0.2) is 0 Å². The van der Waals surface area contributed by atoms with Crippen molar-refractivity contribution in [3.63, 3.8) is 0 Å². The molecule has 1 heteroatoms. The molecule has 1 unspecified atom stereocenters. The molecule has 0 aromatic heterocycles. The van der Waals surface area contributed by atoms with E-state index in [0.717, 1.165) is 17.8 Å². The zero-order valence-corrected chi connectivity index (χ0v) is 13.1. The molecule has 0 rings (SSSR count). The van der Waals surface area contributed by atoms with Crippen LogP contribution in [0.1, 0.15) is 73.6 Å². The SMILES string of the molecule is CCCCCCC(C)NCC(C(C)C)C(C)C. The number of rotatable bonds is 10. The molecule has 0 bridgehead atoms. The smallest absolute Gasteiger partial charge is 0.00388 e. The minimum atomic E-state index is 0.687. The lowest BCUT2D eigenvalue weighted by molar-refractivity contribution is 0.264. The molecule has 1 atom stereocenters. The molecule has 0 heterocycles. The van der Waals surface area contributed by atoms with Gasteiger partial charge in [0.25, 0.3) is 0 Å². The van der Waals surface area contributed by atoms with Crippen molar-refractivity contribution in [2.24, 2.45) is 17.8 Å². The van der Waals surface area contributed by atoms with E-state index in [2.05, 4.69) is 46.9 Å². The molecule has 0 fully saturated rings. The molecule has 104 valence electrons. The van der Waals surface area contributed by atoms with Gasteiger partial charge in [-0.2, -0.15) is 0 Å². The van der Waals surface area contributed by atoms with Crippen molar-refractivity contribution in [1.29, 1.82) is 0 Å². The third kappa shape index (κ3) is 8.65. The van der Waals surface area contributed by atoms with Crippen LogP contribution in [0.2, 0.25) is 0 Å². The Morgan fingerprint density at radius 1 is 0.824 bits per heavy atom. The highest BCUT2D eigenvalue weighted by molar-refractivity contribution is 4.71. The standard InChI is InChI=1S/C16H35N/c1-7-8-9-10-11-15(6)17-12-16(13(2)3)14(4)5/h13-17H,7-12H2,1-6H3. The van der Waals surface area contributed by atoms with Crippen LogP contribution in [0.25, 0.3) is 0 Å². The first-order valence-electron chi connectivity index (χ1n) is 7.72. The highest BCUT2D eigenvalue weighted by atomic mass is 14.9. The summed E-state index contributed by atoms with van der Waals surface area (Å²) in [5, 5.41) is 3.72. The molecule has 0 amide bonds. The molecule has 17 heavy (non-hydrogen) atoms. The quantitative estimate of drug-likeness (QED) is 0.538. The van der Waals surface area contributed by atoms with E-state index < -0.39 is 0 Å². The Kier molecular flexibility index (Phi) is 9.91. The normalized spacial score (nSPS) is 13.9. The van der Waals surface area contributed by atoms with E-state index >= 15 is 0 Å². The van der Waals surface area contributed by atoms with Gasteiger partial charge in [-0.05, 0) is 37.6 Å². The van der Waals surface area contributed by atoms with Crippen LogP contribution in [-0.2, 0) is 0 Å². The predicted molar refractivity (Wildman–Crippen MR) is 79.4 cm³/mol. The van der Waals surface area contributed by atoms with Crippen molar-refractivity contribution in [3.05, 3.63) is 0 Å². The molecule has 0 spiro atoms. The first-order valence-corrected chi connectivity index (χ1v) is 7.72. The molecule has 0 saturated heterocycles. The summed E-state index contributed by atoms with van der Waals surface area (Å²) in [6.45, 7) is 15.2. The van der Waals surface area contributed by atoms with Gasteiger partial charge >= 0.3 is 0 Å². The van der Waals surface area contributed by atoms with E-state index in [9.17, 15) is 0 Å². The van der Waals surface area contributed by atoms with Crippen molar-refractivity contribution in [2.45, 2.75) is 79.7 Å². The molecule has 0 aliphatic rings. The van der Waals surface area contributed by atoms with Crippen LogP contribution in [-0.4, -0.2) is 12.6 Å². The lowest BCUT2D eigenvalue weighted by Crippen LogP contribution is -2.35. The fourth-order valence-corrected chi connectivity index (χ4v) is 2.56. The van der Waals surface area contributed by atoms with Gasteiger partial charge < -0.3 is 5.32 Å². The fourth-order valence-electron chi connectivity index (χ4n) is 2.56. The summed E-state index contributed by atoms with van der Waals surface area (Å²) in [4.78, 5) is 0. The molecule has 0 aliphatic carbocycles. The van der Waals surface area contributed by atoms with Gasteiger partial charge in [-0.1, -0.05) is 60.3 Å². The van der Waals surface area contributed by atoms with Gasteiger partial charge in [-0.3, -0.25) is 0 Å². The Hall–Kier alpha value is -0.0400. The van der Waals surface area contributed by atoms with Crippen LogP contribution >= 0.6 is 0 Å². The Balaban J connectivity index is 3.69. The second kappa shape index (κ2) is 9.94. The zero-order valence-electron chi connectivity index (χ0n) is 13.1. The van der Waals surface area contributed by atoms with Gasteiger partial charge in [-0.25, -0.2) is 0 Å². The monoisotopic (exact) mass is 241 g/mol. The zero-order chi connectivity index (χ0) is 13.3. The lowest BCUT2D eigenvalue weighted by atomic mass is 9.85. The summed E-state index contributed by atoms with van der Waals surface area (Å²) >= 11 is 0. The van der Waals surface area contributed by atoms with Gasteiger partial charge in [0, 0.05) is 6.04 Å². The van der Waals surface area contributed by atoms with Crippen LogP contribution in [0.3, 0.4) is 0 Å². The number of nitrogens with one attached hydrogen (secondary N) is 1. The topological polar surface area (TPSA) is 12.0 Å². The largest absolute Gasteiger partial charge is 0.314 e. The molecule has 0 saturated carbocycles. The van der Waals surface area contributed by atoms with Crippen molar-refractivity contribution in [1.82, 2.24) is 5.32 Å². The van der Waals surface area contributed by atoms with Crippen molar-refractivity contribution >= 4 is 0 Å². The predicted octanol–water partition coefficient (Wildman–Crippen LogP) is 4.86. The lowest BCUT2D eigenvalue weighted by Gasteiger charge is -2.27. The average molecular weight is 241 g/mol. The Morgan fingerprint density at radius 3 is 1.88 bits per heavy atom. The van der Waals surface area contributed by atoms with E-state index in [-0.39, 0.29) is 0 Å². The second-order valence-corrected chi connectivity index (χ2v) is 6.31. The maximum atomic E-state index is 3.72. The maximum absolute atomic E-state index is 3.72. The number of unbranched alkanes of at least 4 members (excludes halogenated alkanes) is 3. The summed E-state index contributed by atoms with van der Waals surface area (Å²) in [7, 11) is 0.